The molecule has 0 saturated heterocycles. The lowest BCUT2D eigenvalue weighted by Gasteiger charge is -2.13. The van der Waals surface area contributed by atoms with Gasteiger partial charge in [0.2, 0.25) is 0 Å². The van der Waals surface area contributed by atoms with E-state index in [1.54, 1.807) is 0 Å². The number of hydrogen-bond donors (Lipinski definition) is 2. The summed E-state index contributed by atoms with van der Waals surface area (Å²) in [6.45, 7) is 4.58. The highest BCUT2D eigenvalue weighted by atomic mass is 79.9. The van der Waals surface area contributed by atoms with Gasteiger partial charge < -0.3 is 15.4 Å². The number of amides is 1. The molecule has 0 unspecified atom stereocenters. The number of rotatable bonds is 7. The average Bonchev–Trinajstić information content (AvgIpc) is 2.69. The molecule has 29 heavy (non-hydrogen) atoms. The Morgan fingerprint density at radius 3 is 2.62 bits per heavy atom. The Bertz CT molecular complexity index is 1020. The van der Waals surface area contributed by atoms with Crippen LogP contribution in [0.4, 0.5) is 11.4 Å². The van der Waals surface area contributed by atoms with Crippen LogP contribution >= 0.6 is 27.5 Å². The molecule has 0 saturated carbocycles. The zero-order valence-corrected chi connectivity index (χ0v) is 18.6. The van der Waals surface area contributed by atoms with Crippen molar-refractivity contribution in [2.45, 2.75) is 20.4 Å². The van der Waals surface area contributed by atoms with Crippen molar-refractivity contribution in [2.75, 3.05) is 17.2 Å². The van der Waals surface area contributed by atoms with Crippen LogP contribution in [0.25, 0.3) is 0 Å². The zero-order valence-electron chi connectivity index (χ0n) is 16.3. The van der Waals surface area contributed by atoms with Gasteiger partial charge in [-0.05, 0) is 82.9 Å². The summed E-state index contributed by atoms with van der Waals surface area (Å²) in [6.07, 6.45) is 0. The summed E-state index contributed by atoms with van der Waals surface area (Å²) in [6, 6.07) is 19.2. The van der Waals surface area contributed by atoms with Gasteiger partial charge in [0, 0.05) is 22.9 Å². The first kappa shape index (κ1) is 21.2. The van der Waals surface area contributed by atoms with E-state index in [1.807, 2.05) is 74.5 Å². The summed E-state index contributed by atoms with van der Waals surface area (Å²) in [7, 11) is 0. The van der Waals surface area contributed by atoms with E-state index < -0.39 is 0 Å². The number of hydrogen-bond acceptors (Lipinski definition) is 3. The third kappa shape index (κ3) is 5.99. The molecule has 0 radical (unpaired) electrons. The first-order valence-corrected chi connectivity index (χ1v) is 10.4. The Hall–Kier alpha value is -2.50. The van der Waals surface area contributed by atoms with Crippen molar-refractivity contribution in [1.82, 2.24) is 0 Å². The van der Waals surface area contributed by atoms with Gasteiger partial charge in [-0.2, -0.15) is 0 Å². The lowest BCUT2D eigenvalue weighted by Crippen LogP contribution is -2.21. The van der Waals surface area contributed by atoms with Crippen molar-refractivity contribution in [3.63, 3.8) is 0 Å². The maximum atomic E-state index is 12.2. The second-order valence-corrected chi connectivity index (χ2v) is 8.00. The highest BCUT2D eigenvalue weighted by molar-refractivity contribution is 9.10. The van der Waals surface area contributed by atoms with Gasteiger partial charge in [-0.15, -0.1) is 0 Å². The molecule has 4 nitrogen and oxygen atoms in total. The predicted molar refractivity (Wildman–Crippen MR) is 123 cm³/mol. The SMILES string of the molecule is Cc1cccc(NC(=O)COc2ccc(CNc3cccc(Cl)c3)cc2Br)c1C. The first-order chi connectivity index (χ1) is 13.9. The van der Waals surface area contributed by atoms with Gasteiger partial charge in [0.25, 0.3) is 5.91 Å². The molecule has 0 aromatic heterocycles. The summed E-state index contributed by atoms with van der Waals surface area (Å²) in [5.41, 5.74) is 5.02. The van der Waals surface area contributed by atoms with Crippen molar-refractivity contribution in [1.29, 1.82) is 0 Å². The molecule has 0 fully saturated rings. The van der Waals surface area contributed by atoms with E-state index in [4.69, 9.17) is 16.3 Å². The van der Waals surface area contributed by atoms with Crippen molar-refractivity contribution in [2.24, 2.45) is 0 Å². The van der Waals surface area contributed by atoms with E-state index in [9.17, 15) is 4.79 Å². The molecular formula is C23H22BrClN2O2. The van der Waals surface area contributed by atoms with E-state index in [-0.39, 0.29) is 12.5 Å². The Labute approximate surface area is 184 Å². The summed E-state index contributed by atoms with van der Waals surface area (Å²) >= 11 is 9.52. The van der Waals surface area contributed by atoms with Gasteiger partial charge in [0.05, 0.1) is 4.47 Å². The molecule has 0 bridgehead atoms. The molecule has 1 amide bonds. The largest absolute Gasteiger partial charge is 0.483 e. The molecule has 0 spiro atoms. The van der Waals surface area contributed by atoms with E-state index in [2.05, 4.69) is 26.6 Å². The molecule has 0 aliphatic carbocycles. The minimum absolute atomic E-state index is 0.0634. The van der Waals surface area contributed by atoms with Crippen LogP contribution in [0.15, 0.2) is 65.1 Å². The van der Waals surface area contributed by atoms with Crippen LogP contribution in [0.3, 0.4) is 0 Å². The van der Waals surface area contributed by atoms with Gasteiger partial charge in [0.1, 0.15) is 5.75 Å². The Kier molecular flexibility index (Phi) is 7.18. The van der Waals surface area contributed by atoms with Crippen LogP contribution in [0.1, 0.15) is 16.7 Å². The standard InChI is InChI=1S/C23H22BrClN2O2/c1-15-5-3-8-21(16(15)2)27-23(28)14-29-22-10-9-17(11-20(22)24)13-26-19-7-4-6-18(25)12-19/h3-12,26H,13-14H2,1-2H3,(H,27,28). The van der Waals surface area contributed by atoms with Crippen LogP contribution in [0.5, 0.6) is 5.75 Å². The smallest absolute Gasteiger partial charge is 0.262 e. The Morgan fingerprint density at radius 2 is 1.86 bits per heavy atom. The highest BCUT2D eigenvalue weighted by Crippen LogP contribution is 2.27. The summed E-state index contributed by atoms with van der Waals surface area (Å²) in [5.74, 6) is 0.421. The maximum absolute atomic E-state index is 12.2. The number of anilines is 2. The minimum Gasteiger partial charge on any atom is -0.483 e. The van der Waals surface area contributed by atoms with Crippen LogP contribution in [-0.4, -0.2) is 12.5 Å². The molecule has 3 aromatic rings. The zero-order chi connectivity index (χ0) is 20.8. The van der Waals surface area contributed by atoms with Gasteiger partial charge in [-0.3, -0.25) is 4.79 Å². The van der Waals surface area contributed by atoms with Crippen molar-refractivity contribution in [3.05, 3.63) is 86.8 Å². The quantitative estimate of drug-likeness (QED) is 0.420. The predicted octanol–water partition coefficient (Wildman–Crippen LogP) is 6.35. The lowest BCUT2D eigenvalue weighted by atomic mass is 10.1. The normalized spacial score (nSPS) is 10.5. The highest BCUT2D eigenvalue weighted by Gasteiger charge is 2.09. The number of benzene rings is 3. The van der Waals surface area contributed by atoms with Gasteiger partial charge >= 0.3 is 0 Å². The Balaban J connectivity index is 1.55. The molecule has 0 aliphatic heterocycles. The number of carbonyl (C=O) groups is 1. The molecule has 0 aliphatic rings. The monoisotopic (exact) mass is 472 g/mol. The molecule has 150 valence electrons. The van der Waals surface area contributed by atoms with E-state index in [0.29, 0.717) is 17.3 Å². The van der Waals surface area contributed by atoms with E-state index >= 15 is 0 Å². The second kappa shape index (κ2) is 9.81. The van der Waals surface area contributed by atoms with E-state index in [1.165, 1.54) is 0 Å². The van der Waals surface area contributed by atoms with Gasteiger partial charge in [-0.1, -0.05) is 35.9 Å². The van der Waals surface area contributed by atoms with Crippen LogP contribution in [0.2, 0.25) is 5.02 Å². The fraction of sp³-hybridized carbons (Fsp3) is 0.174. The second-order valence-electron chi connectivity index (χ2n) is 6.71. The average molecular weight is 474 g/mol. The third-order valence-corrected chi connectivity index (χ3v) is 5.41. The first-order valence-electron chi connectivity index (χ1n) is 9.19. The fourth-order valence-electron chi connectivity index (χ4n) is 2.79. The topological polar surface area (TPSA) is 50.4 Å². The molecular weight excluding hydrogens is 452 g/mol. The lowest BCUT2D eigenvalue weighted by molar-refractivity contribution is -0.118. The summed E-state index contributed by atoms with van der Waals surface area (Å²) in [5, 5.41) is 6.91. The number of aryl methyl sites for hydroxylation is 1. The number of nitrogens with one attached hydrogen (secondary N) is 2. The number of carbonyl (C=O) groups excluding carboxylic acids is 1. The van der Waals surface area contributed by atoms with Crippen molar-refractivity contribution < 1.29 is 9.53 Å². The van der Waals surface area contributed by atoms with Crippen LogP contribution in [0, 0.1) is 13.8 Å². The maximum Gasteiger partial charge on any atom is 0.262 e. The molecule has 6 heteroatoms. The number of halogens is 2. The van der Waals surface area contributed by atoms with Crippen molar-refractivity contribution in [3.8, 4) is 5.75 Å². The van der Waals surface area contributed by atoms with Crippen LogP contribution in [-0.2, 0) is 11.3 Å². The van der Waals surface area contributed by atoms with Gasteiger partial charge in [0.15, 0.2) is 6.61 Å². The fourth-order valence-corrected chi connectivity index (χ4v) is 3.52. The molecule has 2 N–H and O–H groups in total. The molecule has 0 heterocycles. The van der Waals surface area contributed by atoms with Gasteiger partial charge in [-0.25, -0.2) is 0 Å². The third-order valence-electron chi connectivity index (χ3n) is 4.56. The van der Waals surface area contributed by atoms with Crippen LogP contribution < -0.4 is 15.4 Å². The number of ether oxygens (including phenoxy) is 1. The van der Waals surface area contributed by atoms with E-state index in [0.717, 1.165) is 32.5 Å². The summed E-state index contributed by atoms with van der Waals surface area (Å²) < 4.78 is 6.47. The molecule has 0 atom stereocenters. The summed E-state index contributed by atoms with van der Waals surface area (Å²) in [4.78, 5) is 12.2. The minimum atomic E-state index is -0.197. The molecule has 3 aromatic carbocycles. The molecule has 3 rings (SSSR count). The Morgan fingerprint density at radius 1 is 1.07 bits per heavy atom. The van der Waals surface area contributed by atoms with Crippen molar-refractivity contribution >= 4 is 44.8 Å².